The zero-order valence-corrected chi connectivity index (χ0v) is 13.6. The molecular formula is C15H21ClF2N2O3. The maximum Gasteiger partial charge on any atom is 0.387 e. The van der Waals surface area contributed by atoms with Gasteiger partial charge in [-0.2, -0.15) is 8.78 Å². The highest BCUT2D eigenvalue weighted by Crippen LogP contribution is 2.29. The van der Waals surface area contributed by atoms with Gasteiger partial charge in [0.15, 0.2) is 11.5 Å². The Hall–Kier alpha value is -1.60. The van der Waals surface area contributed by atoms with Gasteiger partial charge < -0.3 is 20.1 Å². The summed E-state index contributed by atoms with van der Waals surface area (Å²) in [6.45, 7) is -1.60. The molecule has 1 aliphatic rings. The van der Waals surface area contributed by atoms with Crippen molar-refractivity contribution in [2.75, 3.05) is 20.2 Å². The van der Waals surface area contributed by atoms with Crippen LogP contribution in [0.1, 0.15) is 18.4 Å². The van der Waals surface area contributed by atoms with Gasteiger partial charge in [0.05, 0.1) is 13.2 Å². The molecule has 0 spiro atoms. The lowest BCUT2D eigenvalue weighted by Gasteiger charge is -2.13. The summed E-state index contributed by atoms with van der Waals surface area (Å²) in [6.07, 6.45) is 2.38. The molecule has 23 heavy (non-hydrogen) atoms. The monoisotopic (exact) mass is 350 g/mol. The Morgan fingerprint density at radius 2 is 2.22 bits per heavy atom. The summed E-state index contributed by atoms with van der Waals surface area (Å²) < 4.78 is 34.1. The molecule has 1 atom stereocenters. The van der Waals surface area contributed by atoms with E-state index in [0.29, 0.717) is 13.0 Å². The Balaban J connectivity index is 0.00000264. The summed E-state index contributed by atoms with van der Waals surface area (Å²) in [4.78, 5) is 11.8. The van der Waals surface area contributed by atoms with Crippen molar-refractivity contribution in [3.8, 4) is 11.5 Å². The van der Waals surface area contributed by atoms with Crippen LogP contribution in [0.25, 0.3) is 0 Å². The normalized spacial score (nSPS) is 16.8. The van der Waals surface area contributed by atoms with E-state index in [1.807, 2.05) is 0 Å². The molecule has 1 fully saturated rings. The molecule has 0 saturated carbocycles. The zero-order chi connectivity index (χ0) is 15.9. The van der Waals surface area contributed by atoms with Gasteiger partial charge in [-0.05, 0) is 43.5 Å². The summed E-state index contributed by atoms with van der Waals surface area (Å²) in [5.41, 5.74) is 0.788. The number of alkyl halides is 2. The van der Waals surface area contributed by atoms with E-state index in [-0.39, 0.29) is 35.9 Å². The van der Waals surface area contributed by atoms with Gasteiger partial charge in [0.1, 0.15) is 0 Å². The summed E-state index contributed by atoms with van der Waals surface area (Å²) in [5, 5.41) is 5.96. The van der Waals surface area contributed by atoms with Gasteiger partial charge in [-0.15, -0.1) is 12.4 Å². The Morgan fingerprint density at radius 3 is 2.83 bits per heavy atom. The number of benzene rings is 1. The van der Waals surface area contributed by atoms with Gasteiger partial charge in [-0.1, -0.05) is 6.07 Å². The Labute approximate surface area is 140 Å². The first-order valence-electron chi connectivity index (χ1n) is 7.23. The predicted molar refractivity (Wildman–Crippen MR) is 84.6 cm³/mol. The number of hydrogen-bond donors (Lipinski definition) is 2. The average molecular weight is 351 g/mol. The molecule has 1 aliphatic heterocycles. The smallest absolute Gasteiger partial charge is 0.387 e. The Morgan fingerprint density at radius 1 is 1.43 bits per heavy atom. The number of ether oxygens (including phenoxy) is 2. The van der Waals surface area contributed by atoms with Gasteiger partial charge in [0.2, 0.25) is 5.91 Å². The molecule has 0 aliphatic carbocycles. The van der Waals surface area contributed by atoms with Crippen LogP contribution in [0.4, 0.5) is 8.78 Å². The third kappa shape index (κ3) is 5.84. The first-order valence-corrected chi connectivity index (χ1v) is 7.23. The van der Waals surface area contributed by atoms with E-state index >= 15 is 0 Å². The predicted octanol–water partition coefficient (Wildman–Crippen LogP) is 2.13. The number of amides is 1. The number of nitrogens with one attached hydrogen (secondary N) is 2. The number of carbonyl (C=O) groups is 1. The minimum Gasteiger partial charge on any atom is -0.493 e. The second kappa shape index (κ2) is 9.52. The van der Waals surface area contributed by atoms with Crippen LogP contribution in [0, 0.1) is 0 Å². The van der Waals surface area contributed by atoms with E-state index in [1.54, 1.807) is 12.1 Å². The van der Waals surface area contributed by atoms with Crippen molar-refractivity contribution in [2.45, 2.75) is 31.9 Å². The standard InChI is InChI=1S/C15H20F2N2O3.ClH/c1-21-12-5-4-10(9-13(12)22-15(16)17)6-8-19-14(20)11-3-2-7-18-11;/h4-5,9,11,15,18H,2-3,6-8H2,1H3,(H,19,20);1H. The number of hydrogen-bond acceptors (Lipinski definition) is 4. The van der Waals surface area contributed by atoms with Crippen molar-refractivity contribution in [3.63, 3.8) is 0 Å². The summed E-state index contributed by atoms with van der Waals surface area (Å²) in [7, 11) is 1.39. The maximum absolute atomic E-state index is 12.4. The lowest BCUT2D eigenvalue weighted by Crippen LogP contribution is -2.41. The number of rotatable bonds is 7. The molecule has 1 unspecified atom stereocenters. The van der Waals surface area contributed by atoms with Crippen LogP contribution in [0.2, 0.25) is 0 Å². The molecule has 2 rings (SSSR count). The quantitative estimate of drug-likeness (QED) is 0.791. The molecule has 1 aromatic rings. The largest absolute Gasteiger partial charge is 0.493 e. The SMILES string of the molecule is COc1ccc(CCNC(=O)C2CCCN2)cc1OC(F)F.Cl. The van der Waals surface area contributed by atoms with E-state index in [4.69, 9.17) is 4.74 Å². The molecular weight excluding hydrogens is 330 g/mol. The van der Waals surface area contributed by atoms with Crippen LogP contribution in [-0.2, 0) is 11.2 Å². The fourth-order valence-electron chi connectivity index (χ4n) is 2.43. The molecule has 0 radical (unpaired) electrons. The fourth-order valence-corrected chi connectivity index (χ4v) is 2.43. The van der Waals surface area contributed by atoms with Crippen LogP contribution < -0.4 is 20.1 Å². The minimum absolute atomic E-state index is 0. The van der Waals surface area contributed by atoms with Gasteiger partial charge in [0.25, 0.3) is 0 Å². The molecule has 2 N–H and O–H groups in total. The molecule has 5 nitrogen and oxygen atoms in total. The van der Waals surface area contributed by atoms with Gasteiger partial charge in [-0.25, -0.2) is 0 Å². The van der Waals surface area contributed by atoms with E-state index in [2.05, 4.69) is 15.4 Å². The lowest BCUT2D eigenvalue weighted by atomic mass is 10.1. The summed E-state index contributed by atoms with van der Waals surface area (Å²) in [5.74, 6) is 0.233. The molecule has 1 amide bonds. The van der Waals surface area contributed by atoms with Crippen LogP contribution in [0.15, 0.2) is 18.2 Å². The second-order valence-corrected chi connectivity index (χ2v) is 5.05. The van der Waals surface area contributed by atoms with Gasteiger partial charge in [-0.3, -0.25) is 4.79 Å². The van der Waals surface area contributed by atoms with E-state index in [0.717, 1.165) is 24.9 Å². The number of carbonyl (C=O) groups excluding carboxylic acids is 1. The second-order valence-electron chi connectivity index (χ2n) is 5.05. The van der Waals surface area contributed by atoms with Crippen molar-refractivity contribution in [2.24, 2.45) is 0 Å². The highest BCUT2D eigenvalue weighted by Gasteiger charge is 2.21. The van der Waals surface area contributed by atoms with Crippen molar-refractivity contribution in [1.82, 2.24) is 10.6 Å². The summed E-state index contributed by atoms with van der Waals surface area (Å²) >= 11 is 0. The zero-order valence-electron chi connectivity index (χ0n) is 12.8. The van der Waals surface area contributed by atoms with Gasteiger partial charge in [0, 0.05) is 6.54 Å². The first kappa shape index (κ1) is 19.4. The molecule has 0 aromatic heterocycles. The van der Waals surface area contributed by atoms with E-state index in [1.165, 1.54) is 13.2 Å². The molecule has 0 bridgehead atoms. The van der Waals surface area contributed by atoms with Crippen molar-refractivity contribution in [3.05, 3.63) is 23.8 Å². The van der Waals surface area contributed by atoms with Crippen LogP contribution in [0.3, 0.4) is 0 Å². The Kier molecular flexibility index (Phi) is 8.05. The van der Waals surface area contributed by atoms with Crippen molar-refractivity contribution in [1.29, 1.82) is 0 Å². The fraction of sp³-hybridized carbons (Fsp3) is 0.533. The van der Waals surface area contributed by atoms with Crippen LogP contribution in [0.5, 0.6) is 11.5 Å². The first-order chi connectivity index (χ1) is 10.6. The highest BCUT2D eigenvalue weighted by atomic mass is 35.5. The van der Waals surface area contributed by atoms with E-state index < -0.39 is 6.61 Å². The number of methoxy groups -OCH3 is 1. The maximum atomic E-state index is 12.4. The molecule has 1 aromatic carbocycles. The Bertz CT molecular complexity index is 511. The lowest BCUT2D eigenvalue weighted by molar-refractivity contribution is -0.122. The van der Waals surface area contributed by atoms with E-state index in [9.17, 15) is 13.6 Å². The number of halogens is 3. The average Bonchev–Trinajstić information content (AvgIpc) is 3.01. The highest BCUT2D eigenvalue weighted by molar-refractivity contribution is 5.85. The van der Waals surface area contributed by atoms with Crippen LogP contribution in [-0.4, -0.2) is 38.8 Å². The topological polar surface area (TPSA) is 59.6 Å². The van der Waals surface area contributed by atoms with Crippen molar-refractivity contribution >= 4 is 18.3 Å². The summed E-state index contributed by atoms with van der Waals surface area (Å²) in [6, 6.07) is 4.73. The third-order valence-electron chi connectivity index (χ3n) is 3.53. The molecule has 130 valence electrons. The molecule has 8 heteroatoms. The van der Waals surface area contributed by atoms with Crippen molar-refractivity contribution < 1.29 is 23.0 Å². The molecule has 1 heterocycles. The van der Waals surface area contributed by atoms with Crippen LogP contribution >= 0.6 is 12.4 Å². The third-order valence-corrected chi connectivity index (χ3v) is 3.53. The molecule has 1 saturated heterocycles. The minimum atomic E-state index is -2.91. The van der Waals surface area contributed by atoms with Gasteiger partial charge >= 0.3 is 6.61 Å².